The number of sulfone groups is 1. The van der Waals surface area contributed by atoms with Gasteiger partial charge in [-0.15, -0.1) is 5.73 Å². The highest BCUT2D eigenvalue weighted by Gasteiger charge is 2.07. The molecule has 0 saturated carbocycles. The molecule has 2 nitrogen and oxygen atoms in total. The number of benzene rings is 1. The first kappa shape index (κ1) is 9.78. The molecule has 0 amide bonds. The van der Waals surface area contributed by atoms with E-state index >= 15 is 0 Å². The first-order valence-corrected chi connectivity index (χ1v) is 5.38. The van der Waals surface area contributed by atoms with Crippen LogP contribution in [0.2, 0.25) is 0 Å². The van der Waals surface area contributed by atoms with E-state index in [9.17, 15) is 8.42 Å². The molecule has 13 heavy (non-hydrogen) atoms. The Morgan fingerprint density at radius 2 is 1.85 bits per heavy atom. The average molecular weight is 194 g/mol. The van der Waals surface area contributed by atoms with Crippen LogP contribution in [0.15, 0.2) is 52.4 Å². The van der Waals surface area contributed by atoms with Crippen LogP contribution in [-0.2, 0) is 9.84 Å². The summed E-state index contributed by atoms with van der Waals surface area (Å²) >= 11 is 0. The van der Waals surface area contributed by atoms with Crippen molar-refractivity contribution in [2.24, 2.45) is 0 Å². The summed E-state index contributed by atoms with van der Waals surface area (Å²) in [5, 5.41) is 1.07. The topological polar surface area (TPSA) is 34.1 Å². The summed E-state index contributed by atoms with van der Waals surface area (Å²) < 4.78 is 22.9. The van der Waals surface area contributed by atoms with Crippen LogP contribution in [0.1, 0.15) is 6.92 Å². The Kier molecular flexibility index (Phi) is 3.07. The largest absolute Gasteiger partial charge is 0.218 e. The molecule has 0 aliphatic heterocycles. The van der Waals surface area contributed by atoms with Crippen molar-refractivity contribution in [1.29, 1.82) is 0 Å². The minimum atomic E-state index is -3.29. The lowest BCUT2D eigenvalue weighted by molar-refractivity contribution is 0.604. The van der Waals surface area contributed by atoms with Crippen molar-refractivity contribution < 1.29 is 8.42 Å². The summed E-state index contributed by atoms with van der Waals surface area (Å²) in [6.45, 7) is 1.72. The highest BCUT2D eigenvalue weighted by atomic mass is 32.2. The van der Waals surface area contributed by atoms with E-state index in [0.717, 1.165) is 5.41 Å². The second-order valence-corrected chi connectivity index (χ2v) is 4.23. The number of rotatable bonds is 2. The maximum Gasteiger partial charge on any atom is 0.207 e. The van der Waals surface area contributed by atoms with E-state index in [0.29, 0.717) is 4.90 Å². The third kappa shape index (κ3) is 2.58. The van der Waals surface area contributed by atoms with Gasteiger partial charge in [-0.05, 0) is 25.1 Å². The van der Waals surface area contributed by atoms with Crippen molar-refractivity contribution in [2.75, 3.05) is 0 Å². The Balaban J connectivity index is 3.17. The highest BCUT2D eigenvalue weighted by Crippen LogP contribution is 2.10. The van der Waals surface area contributed by atoms with Crippen LogP contribution in [0.4, 0.5) is 0 Å². The van der Waals surface area contributed by atoms with E-state index in [1.165, 1.54) is 0 Å². The molecule has 0 fully saturated rings. The highest BCUT2D eigenvalue weighted by molar-refractivity contribution is 7.94. The molecule has 0 saturated heterocycles. The van der Waals surface area contributed by atoms with Gasteiger partial charge in [0.05, 0.1) is 10.3 Å². The summed E-state index contributed by atoms with van der Waals surface area (Å²) in [6, 6.07) is 8.28. The van der Waals surface area contributed by atoms with Crippen molar-refractivity contribution >= 4 is 9.84 Å². The molecule has 1 aromatic rings. The third-order valence-electron chi connectivity index (χ3n) is 1.46. The van der Waals surface area contributed by atoms with Crippen molar-refractivity contribution in [1.82, 2.24) is 0 Å². The summed E-state index contributed by atoms with van der Waals surface area (Å²) in [4.78, 5) is 0.296. The Hall–Kier alpha value is -1.31. The first-order valence-electron chi connectivity index (χ1n) is 3.84. The predicted octanol–water partition coefficient (Wildman–Crippen LogP) is 2.15. The SMILES string of the molecule is CC=C=CS(=O)(=O)c1ccccc1. The zero-order valence-corrected chi connectivity index (χ0v) is 8.08. The fourth-order valence-corrected chi connectivity index (χ4v) is 1.82. The van der Waals surface area contributed by atoms with Gasteiger partial charge in [0.1, 0.15) is 0 Å². The number of hydrogen-bond acceptors (Lipinski definition) is 2. The zero-order valence-electron chi connectivity index (χ0n) is 7.27. The quantitative estimate of drug-likeness (QED) is 0.676. The molecule has 0 N–H and O–H groups in total. The van der Waals surface area contributed by atoms with Crippen LogP contribution in [0.25, 0.3) is 0 Å². The Bertz CT molecular complexity index is 423. The molecule has 0 unspecified atom stereocenters. The normalized spacial score (nSPS) is 10.2. The lowest BCUT2D eigenvalue weighted by Crippen LogP contribution is -1.94. The molecule has 1 aromatic carbocycles. The molecule has 68 valence electrons. The van der Waals surface area contributed by atoms with E-state index in [-0.39, 0.29) is 0 Å². The smallest absolute Gasteiger partial charge is 0.207 e. The second kappa shape index (κ2) is 4.08. The molecule has 0 aromatic heterocycles. The molecule has 3 heteroatoms. The monoisotopic (exact) mass is 194 g/mol. The van der Waals surface area contributed by atoms with Gasteiger partial charge in [0, 0.05) is 0 Å². The third-order valence-corrected chi connectivity index (χ3v) is 2.84. The molecule has 0 atom stereocenters. The van der Waals surface area contributed by atoms with Gasteiger partial charge >= 0.3 is 0 Å². The summed E-state index contributed by atoms with van der Waals surface area (Å²) in [6.07, 6.45) is 1.56. The molecule has 1 rings (SSSR count). The van der Waals surface area contributed by atoms with Gasteiger partial charge in [-0.1, -0.05) is 18.2 Å². The predicted molar refractivity (Wildman–Crippen MR) is 52.0 cm³/mol. The maximum atomic E-state index is 11.5. The van der Waals surface area contributed by atoms with Crippen molar-refractivity contribution in [3.8, 4) is 0 Å². The lowest BCUT2D eigenvalue weighted by atomic mass is 10.4. The van der Waals surface area contributed by atoms with Gasteiger partial charge in [0.25, 0.3) is 0 Å². The van der Waals surface area contributed by atoms with Crippen LogP contribution in [0.3, 0.4) is 0 Å². The Morgan fingerprint density at radius 3 is 2.38 bits per heavy atom. The van der Waals surface area contributed by atoms with Crippen LogP contribution >= 0.6 is 0 Å². The lowest BCUT2D eigenvalue weighted by Gasteiger charge is -1.94. The van der Waals surface area contributed by atoms with Crippen LogP contribution in [-0.4, -0.2) is 8.42 Å². The molecule has 0 spiro atoms. The Morgan fingerprint density at radius 1 is 1.23 bits per heavy atom. The van der Waals surface area contributed by atoms with E-state index in [4.69, 9.17) is 0 Å². The molecule has 0 aliphatic rings. The van der Waals surface area contributed by atoms with E-state index < -0.39 is 9.84 Å². The standard InChI is InChI=1S/C10H10O2S/c1-2-3-9-13(11,12)10-7-5-4-6-8-10/h2,4-9H,1H3. The van der Waals surface area contributed by atoms with Gasteiger partial charge in [0.2, 0.25) is 9.84 Å². The molecule has 0 heterocycles. The fraction of sp³-hybridized carbons (Fsp3) is 0.100. The molecule has 0 bridgehead atoms. The van der Waals surface area contributed by atoms with Crippen molar-refractivity contribution in [2.45, 2.75) is 11.8 Å². The van der Waals surface area contributed by atoms with Crippen molar-refractivity contribution in [3.05, 3.63) is 47.5 Å². The number of hydrogen-bond donors (Lipinski definition) is 0. The van der Waals surface area contributed by atoms with Gasteiger partial charge in [-0.2, -0.15) is 0 Å². The summed E-state index contributed by atoms with van der Waals surface area (Å²) in [5.74, 6) is 0. The van der Waals surface area contributed by atoms with E-state index in [1.807, 2.05) is 0 Å². The minimum Gasteiger partial charge on any atom is -0.218 e. The Labute approximate surface area is 78.1 Å². The molecular weight excluding hydrogens is 184 g/mol. The fourth-order valence-electron chi connectivity index (χ4n) is 0.836. The van der Waals surface area contributed by atoms with Crippen molar-refractivity contribution in [3.63, 3.8) is 0 Å². The van der Waals surface area contributed by atoms with Crippen LogP contribution < -0.4 is 0 Å². The van der Waals surface area contributed by atoms with E-state index in [2.05, 4.69) is 5.73 Å². The van der Waals surface area contributed by atoms with Gasteiger partial charge in [-0.3, -0.25) is 0 Å². The minimum absolute atomic E-state index is 0.296. The summed E-state index contributed by atoms with van der Waals surface area (Å²) in [5.41, 5.74) is 2.55. The first-order chi connectivity index (χ1) is 6.17. The zero-order chi connectivity index (χ0) is 9.73. The van der Waals surface area contributed by atoms with Crippen LogP contribution in [0.5, 0.6) is 0 Å². The van der Waals surface area contributed by atoms with Gasteiger partial charge in [0.15, 0.2) is 0 Å². The molecule has 0 aliphatic carbocycles. The average Bonchev–Trinajstić information content (AvgIpc) is 2.16. The summed E-state index contributed by atoms with van der Waals surface area (Å²) in [7, 11) is -3.29. The van der Waals surface area contributed by atoms with E-state index in [1.54, 1.807) is 43.3 Å². The van der Waals surface area contributed by atoms with Gasteiger partial charge < -0.3 is 0 Å². The second-order valence-electron chi connectivity index (χ2n) is 2.43. The molecule has 0 radical (unpaired) electrons. The molecular formula is C10H10O2S. The maximum absolute atomic E-state index is 11.5. The number of allylic oxidation sites excluding steroid dienone is 1. The van der Waals surface area contributed by atoms with Gasteiger partial charge in [-0.25, -0.2) is 8.42 Å². The van der Waals surface area contributed by atoms with Crippen LogP contribution in [0, 0.1) is 0 Å².